The van der Waals surface area contributed by atoms with Crippen molar-refractivity contribution in [3.8, 4) is 11.6 Å². The van der Waals surface area contributed by atoms with E-state index in [0.29, 0.717) is 11.7 Å². The van der Waals surface area contributed by atoms with Crippen molar-refractivity contribution < 1.29 is 9.15 Å². The summed E-state index contributed by atoms with van der Waals surface area (Å²) in [4.78, 5) is 9.13. The minimum atomic E-state index is -0.176. The number of rotatable bonds is 1. The summed E-state index contributed by atoms with van der Waals surface area (Å²) in [6.45, 7) is 1.87. The molecule has 1 aliphatic heterocycles. The second kappa shape index (κ2) is 5.17. The summed E-state index contributed by atoms with van der Waals surface area (Å²) in [5.74, 6) is 2.67. The Kier molecular flexibility index (Phi) is 2.78. The quantitative estimate of drug-likeness (QED) is 0.436. The summed E-state index contributed by atoms with van der Waals surface area (Å²) in [5.41, 5.74) is 2.67. The lowest BCUT2D eigenvalue weighted by molar-refractivity contribution is 0.418. The molecule has 6 nitrogen and oxygen atoms in total. The molecule has 0 spiro atoms. The van der Waals surface area contributed by atoms with E-state index < -0.39 is 0 Å². The van der Waals surface area contributed by atoms with Crippen molar-refractivity contribution >= 4 is 16.4 Å². The molecular weight excluding hydrogens is 340 g/mol. The summed E-state index contributed by atoms with van der Waals surface area (Å²) >= 11 is 0. The number of ether oxygens (including phenoxy) is 1. The molecule has 0 aliphatic carbocycles. The predicted molar refractivity (Wildman–Crippen MR) is 99.2 cm³/mol. The maximum atomic E-state index is 6.20. The van der Waals surface area contributed by atoms with Crippen LogP contribution in [0.5, 0.6) is 11.6 Å². The molecule has 1 atom stereocenters. The molecule has 130 valence electrons. The summed E-state index contributed by atoms with van der Waals surface area (Å²) < 4.78 is 13.7. The molecule has 2 aromatic carbocycles. The molecule has 0 saturated heterocycles. The van der Waals surface area contributed by atoms with Crippen molar-refractivity contribution in [3.05, 3.63) is 83.8 Å². The lowest BCUT2D eigenvalue weighted by Crippen LogP contribution is -2.15. The third-order valence-corrected chi connectivity index (χ3v) is 5.04. The zero-order chi connectivity index (χ0) is 18.0. The molecule has 0 N–H and O–H groups in total. The summed E-state index contributed by atoms with van der Waals surface area (Å²) in [5, 5.41) is 6.69. The summed E-state index contributed by atoms with van der Waals surface area (Å²) in [7, 11) is 0. The van der Waals surface area contributed by atoms with E-state index in [9.17, 15) is 0 Å². The second-order valence-electron chi connectivity index (χ2n) is 6.64. The van der Waals surface area contributed by atoms with E-state index in [1.807, 2.05) is 37.3 Å². The Labute approximate surface area is 154 Å². The third-order valence-electron chi connectivity index (χ3n) is 5.04. The van der Waals surface area contributed by atoms with Gasteiger partial charge in [-0.15, -0.1) is 0 Å². The molecular formula is C21H14N4O2. The van der Waals surface area contributed by atoms with Gasteiger partial charge in [0, 0.05) is 5.56 Å². The maximum Gasteiger partial charge on any atom is 0.228 e. The minimum Gasteiger partial charge on any atom is -0.468 e. The number of aromatic nitrogens is 4. The summed E-state index contributed by atoms with van der Waals surface area (Å²) in [6.07, 6.45) is 3.33. The monoisotopic (exact) mass is 354 g/mol. The maximum absolute atomic E-state index is 6.20. The molecule has 0 fully saturated rings. The Morgan fingerprint density at radius 3 is 2.81 bits per heavy atom. The Hall–Kier alpha value is -3.67. The smallest absolute Gasteiger partial charge is 0.228 e. The average molecular weight is 354 g/mol. The van der Waals surface area contributed by atoms with Crippen molar-refractivity contribution in [1.29, 1.82) is 0 Å². The van der Waals surface area contributed by atoms with Gasteiger partial charge in [-0.1, -0.05) is 30.3 Å². The fourth-order valence-electron chi connectivity index (χ4n) is 3.95. The molecule has 4 heterocycles. The Balaban J connectivity index is 1.76. The number of nitrogens with zero attached hydrogens (tertiary/aromatic N) is 4. The Morgan fingerprint density at radius 2 is 1.93 bits per heavy atom. The van der Waals surface area contributed by atoms with Crippen LogP contribution in [0.1, 0.15) is 28.6 Å². The zero-order valence-electron chi connectivity index (χ0n) is 14.5. The topological polar surface area (TPSA) is 65.5 Å². The van der Waals surface area contributed by atoms with Crippen LogP contribution in [0.3, 0.4) is 0 Å². The van der Waals surface area contributed by atoms with Crippen molar-refractivity contribution in [3.63, 3.8) is 0 Å². The van der Waals surface area contributed by atoms with Gasteiger partial charge in [0.15, 0.2) is 5.65 Å². The lowest BCUT2D eigenvalue weighted by atomic mass is 9.84. The predicted octanol–water partition coefficient (Wildman–Crippen LogP) is 4.46. The number of benzene rings is 2. The number of hydrogen-bond donors (Lipinski definition) is 0. The highest BCUT2D eigenvalue weighted by molar-refractivity contribution is 5.90. The normalized spacial score (nSPS) is 15.5. The molecule has 0 unspecified atom stereocenters. The van der Waals surface area contributed by atoms with Crippen LogP contribution in [0, 0.1) is 6.92 Å². The standard InChI is InChI=1S/C21H14N4O2/c1-12-23-20-19-18(15-7-4-10-26-15)17-14-6-3-2-5-13(14)8-9-16(17)27-21(19)22-11-25(20)24-12/h2-11,18H,1H3/t18-/m1/s1. The molecule has 0 bridgehead atoms. The van der Waals surface area contributed by atoms with Crippen molar-refractivity contribution in [2.75, 3.05) is 0 Å². The van der Waals surface area contributed by atoms with E-state index in [2.05, 4.69) is 33.3 Å². The van der Waals surface area contributed by atoms with Crippen LogP contribution in [0.4, 0.5) is 0 Å². The first-order chi connectivity index (χ1) is 13.3. The molecule has 0 saturated carbocycles. The highest BCUT2D eigenvalue weighted by atomic mass is 16.5. The first-order valence-electron chi connectivity index (χ1n) is 8.74. The average Bonchev–Trinajstić information content (AvgIpc) is 3.35. The molecule has 6 heteroatoms. The SMILES string of the molecule is Cc1nc2c3c(ncn2n1)Oc1ccc2ccccc2c1[C@H]3c1ccco1. The van der Waals surface area contributed by atoms with Gasteiger partial charge >= 0.3 is 0 Å². The van der Waals surface area contributed by atoms with Crippen molar-refractivity contribution in [2.24, 2.45) is 0 Å². The largest absolute Gasteiger partial charge is 0.468 e. The van der Waals surface area contributed by atoms with Crippen LogP contribution < -0.4 is 4.74 Å². The van der Waals surface area contributed by atoms with Crippen molar-refractivity contribution in [2.45, 2.75) is 12.8 Å². The van der Waals surface area contributed by atoms with Crippen LogP contribution in [0.2, 0.25) is 0 Å². The fraction of sp³-hybridized carbons (Fsp3) is 0.0952. The van der Waals surface area contributed by atoms with Crippen LogP contribution in [-0.2, 0) is 0 Å². The molecule has 0 amide bonds. The number of aryl methyl sites for hydroxylation is 1. The van der Waals surface area contributed by atoms with Crippen molar-refractivity contribution in [1.82, 2.24) is 19.6 Å². The first-order valence-corrected chi connectivity index (χ1v) is 8.74. The lowest BCUT2D eigenvalue weighted by Gasteiger charge is -2.27. The molecule has 0 radical (unpaired) electrons. The van der Waals surface area contributed by atoms with Gasteiger partial charge in [0.05, 0.1) is 17.7 Å². The molecule has 27 heavy (non-hydrogen) atoms. The molecule has 6 rings (SSSR count). The van der Waals surface area contributed by atoms with Gasteiger partial charge in [-0.2, -0.15) is 5.10 Å². The number of fused-ring (bicyclic) bond motifs is 6. The van der Waals surface area contributed by atoms with Gasteiger partial charge in [0.25, 0.3) is 0 Å². The first kappa shape index (κ1) is 14.5. The van der Waals surface area contributed by atoms with E-state index in [4.69, 9.17) is 9.15 Å². The van der Waals surface area contributed by atoms with Crippen LogP contribution in [0.25, 0.3) is 16.4 Å². The highest BCUT2D eigenvalue weighted by Gasteiger charge is 2.36. The third kappa shape index (κ3) is 1.98. The molecule has 1 aliphatic rings. The van der Waals surface area contributed by atoms with Crippen LogP contribution in [0.15, 0.2) is 65.5 Å². The van der Waals surface area contributed by atoms with E-state index in [1.54, 1.807) is 17.1 Å². The number of hydrogen-bond acceptors (Lipinski definition) is 5. The van der Waals surface area contributed by atoms with E-state index >= 15 is 0 Å². The Morgan fingerprint density at radius 1 is 1.00 bits per heavy atom. The van der Waals surface area contributed by atoms with Gasteiger partial charge in [0.1, 0.15) is 23.7 Å². The van der Waals surface area contributed by atoms with Gasteiger partial charge in [-0.05, 0) is 35.9 Å². The van der Waals surface area contributed by atoms with Gasteiger partial charge in [-0.3, -0.25) is 0 Å². The minimum absolute atomic E-state index is 0.176. The van der Waals surface area contributed by atoms with E-state index in [1.165, 1.54) is 0 Å². The fourth-order valence-corrected chi connectivity index (χ4v) is 3.95. The van der Waals surface area contributed by atoms with Gasteiger partial charge in [-0.25, -0.2) is 14.5 Å². The highest BCUT2D eigenvalue weighted by Crippen LogP contribution is 2.50. The van der Waals surface area contributed by atoms with Crippen LogP contribution >= 0.6 is 0 Å². The molecule has 3 aromatic heterocycles. The van der Waals surface area contributed by atoms with Gasteiger partial charge in [0.2, 0.25) is 5.88 Å². The zero-order valence-corrected chi connectivity index (χ0v) is 14.5. The van der Waals surface area contributed by atoms with Crippen LogP contribution in [-0.4, -0.2) is 19.6 Å². The molecule has 5 aromatic rings. The number of furan rings is 1. The van der Waals surface area contributed by atoms with E-state index in [0.717, 1.165) is 39.1 Å². The van der Waals surface area contributed by atoms with E-state index in [-0.39, 0.29) is 5.92 Å². The Bertz CT molecular complexity index is 1320. The second-order valence-corrected chi connectivity index (χ2v) is 6.64. The van der Waals surface area contributed by atoms with Gasteiger partial charge < -0.3 is 9.15 Å². The summed E-state index contributed by atoms with van der Waals surface area (Å²) in [6, 6.07) is 16.2.